The minimum absolute atomic E-state index is 0.0478. The van der Waals surface area contributed by atoms with Crippen molar-refractivity contribution >= 4 is 17.8 Å². The maximum Gasteiger partial charge on any atom is 0.262 e. The number of amides is 1. The quantitative estimate of drug-likeness (QED) is 0.457. The topological polar surface area (TPSA) is 103 Å². The second-order valence-corrected chi connectivity index (χ2v) is 5.31. The number of phenols is 2. The Labute approximate surface area is 146 Å². The van der Waals surface area contributed by atoms with Gasteiger partial charge >= 0.3 is 0 Å². The lowest BCUT2D eigenvalue weighted by atomic mass is 10.2. The summed E-state index contributed by atoms with van der Waals surface area (Å²) >= 11 is 0. The third kappa shape index (κ3) is 5.13. The second-order valence-electron chi connectivity index (χ2n) is 5.31. The summed E-state index contributed by atoms with van der Waals surface area (Å²) in [5.41, 5.74) is 3.61. The number of hydrogen-bond acceptors (Lipinski definition) is 6. The summed E-state index contributed by atoms with van der Waals surface area (Å²) in [7, 11) is 1.59. The minimum atomic E-state index is -0.459. The van der Waals surface area contributed by atoms with Crippen molar-refractivity contribution in [1.82, 2.24) is 5.43 Å². The third-order valence-electron chi connectivity index (χ3n) is 3.55. The number of phenolic OH excluding ortho intramolecular Hbond substituents is 2. The predicted molar refractivity (Wildman–Crippen MR) is 96.2 cm³/mol. The van der Waals surface area contributed by atoms with Crippen molar-refractivity contribution in [1.29, 1.82) is 0 Å². The molecule has 0 bridgehead atoms. The molecule has 0 aliphatic carbocycles. The largest absolute Gasteiger partial charge is 0.508 e. The number of aromatic hydroxyl groups is 2. The van der Waals surface area contributed by atoms with Crippen LogP contribution < -0.4 is 15.5 Å². The van der Waals surface area contributed by atoms with Gasteiger partial charge < -0.3 is 20.3 Å². The molecule has 1 amide bonds. The third-order valence-corrected chi connectivity index (χ3v) is 3.55. The van der Waals surface area contributed by atoms with Crippen molar-refractivity contribution in [3.05, 3.63) is 48.0 Å². The Bertz CT molecular complexity index is 744. The van der Waals surface area contributed by atoms with Gasteiger partial charge in [0.2, 0.25) is 0 Å². The summed E-state index contributed by atoms with van der Waals surface area (Å²) in [4.78, 5) is 12.2. The number of carbonyl (C=O) groups is 1. The Kier molecular flexibility index (Phi) is 6.22. The van der Waals surface area contributed by atoms with E-state index in [9.17, 15) is 15.0 Å². The van der Waals surface area contributed by atoms with E-state index < -0.39 is 6.04 Å². The lowest BCUT2D eigenvalue weighted by molar-refractivity contribution is -0.121. The number of carbonyl (C=O) groups excluding carboxylic acids is 1. The van der Waals surface area contributed by atoms with E-state index in [1.165, 1.54) is 24.4 Å². The summed E-state index contributed by atoms with van der Waals surface area (Å²) < 4.78 is 5.10. The lowest BCUT2D eigenvalue weighted by Crippen LogP contribution is -2.36. The number of ether oxygens (including phenoxy) is 1. The second kappa shape index (κ2) is 8.58. The van der Waals surface area contributed by atoms with E-state index >= 15 is 0 Å². The van der Waals surface area contributed by atoms with Crippen LogP contribution >= 0.6 is 0 Å². The number of anilines is 1. The van der Waals surface area contributed by atoms with Crippen molar-refractivity contribution in [2.75, 3.05) is 12.4 Å². The zero-order chi connectivity index (χ0) is 18.2. The molecule has 0 fully saturated rings. The smallest absolute Gasteiger partial charge is 0.262 e. The number of hydrazone groups is 1. The summed E-state index contributed by atoms with van der Waals surface area (Å²) in [5.74, 6) is 0.268. The molecule has 0 radical (unpaired) electrons. The monoisotopic (exact) mass is 343 g/mol. The van der Waals surface area contributed by atoms with Crippen LogP contribution in [0.5, 0.6) is 17.2 Å². The maximum absolute atomic E-state index is 12.2. The Morgan fingerprint density at radius 3 is 2.56 bits per heavy atom. The highest BCUT2D eigenvalue weighted by Gasteiger charge is 2.15. The Morgan fingerprint density at radius 2 is 1.96 bits per heavy atom. The zero-order valence-corrected chi connectivity index (χ0v) is 14.1. The van der Waals surface area contributed by atoms with Crippen LogP contribution in [0.15, 0.2) is 47.6 Å². The first-order valence-electron chi connectivity index (χ1n) is 7.79. The van der Waals surface area contributed by atoms with Crippen LogP contribution in [-0.4, -0.2) is 35.5 Å². The van der Waals surface area contributed by atoms with E-state index in [-0.39, 0.29) is 17.4 Å². The summed E-state index contributed by atoms with van der Waals surface area (Å²) in [5, 5.41) is 25.9. The summed E-state index contributed by atoms with van der Waals surface area (Å²) in [6.45, 7) is 1.89. The Balaban J connectivity index is 1.95. The van der Waals surface area contributed by atoms with Gasteiger partial charge in [0.1, 0.15) is 23.3 Å². The van der Waals surface area contributed by atoms with Gasteiger partial charge in [-0.2, -0.15) is 5.10 Å². The van der Waals surface area contributed by atoms with Crippen LogP contribution in [-0.2, 0) is 4.79 Å². The summed E-state index contributed by atoms with van der Waals surface area (Å²) in [6, 6.07) is 10.9. The Hall–Kier alpha value is -3.22. The van der Waals surface area contributed by atoms with Gasteiger partial charge in [-0.05, 0) is 42.8 Å². The van der Waals surface area contributed by atoms with Crippen LogP contribution in [0.3, 0.4) is 0 Å². The first kappa shape index (κ1) is 18.1. The van der Waals surface area contributed by atoms with Gasteiger partial charge in [-0.25, -0.2) is 5.43 Å². The number of rotatable bonds is 7. The first-order chi connectivity index (χ1) is 12.0. The molecule has 0 saturated carbocycles. The molecule has 2 rings (SSSR count). The van der Waals surface area contributed by atoms with Crippen LogP contribution in [0.2, 0.25) is 0 Å². The van der Waals surface area contributed by atoms with E-state index in [4.69, 9.17) is 4.74 Å². The fraction of sp³-hybridized carbons (Fsp3) is 0.222. The summed E-state index contributed by atoms with van der Waals surface area (Å²) in [6.07, 6.45) is 1.88. The average molecular weight is 343 g/mol. The van der Waals surface area contributed by atoms with E-state index in [1.54, 1.807) is 19.2 Å². The number of hydrogen-bond donors (Lipinski definition) is 4. The van der Waals surface area contributed by atoms with Crippen LogP contribution in [0.25, 0.3) is 0 Å². The van der Waals surface area contributed by atoms with Crippen molar-refractivity contribution in [3.8, 4) is 17.2 Å². The molecule has 0 aliphatic heterocycles. The van der Waals surface area contributed by atoms with Gasteiger partial charge in [0.05, 0.1) is 13.3 Å². The molecule has 132 valence electrons. The molecule has 7 nitrogen and oxygen atoms in total. The van der Waals surface area contributed by atoms with Gasteiger partial charge in [-0.3, -0.25) is 4.79 Å². The molecular weight excluding hydrogens is 322 g/mol. The first-order valence-corrected chi connectivity index (χ1v) is 7.79. The van der Waals surface area contributed by atoms with Crippen molar-refractivity contribution < 1.29 is 19.7 Å². The van der Waals surface area contributed by atoms with Crippen LogP contribution in [0.1, 0.15) is 18.9 Å². The zero-order valence-electron chi connectivity index (χ0n) is 14.1. The normalized spacial score (nSPS) is 11.9. The van der Waals surface area contributed by atoms with E-state index in [0.717, 1.165) is 11.4 Å². The van der Waals surface area contributed by atoms with E-state index in [0.29, 0.717) is 12.0 Å². The molecule has 25 heavy (non-hydrogen) atoms. The SMILES string of the molecule is CC[C@@H](Nc1ccc(OC)cc1)C(=O)NN=Cc1ccc(O)cc1O. The molecule has 4 N–H and O–H groups in total. The van der Waals surface area contributed by atoms with Crippen molar-refractivity contribution in [3.63, 3.8) is 0 Å². The molecule has 0 unspecified atom stereocenters. The highest BCUT2D eigenvalue weighted by molar-refractivity contribution is 5.88. The predicted octanol–water partition coefficient (Wildman–Crippen LogP) is 2.45. The molecule has 0 spiro atoms. The molecule has 1 atom stereocenters. The van der Waals surface area contributed by atoms with Gasteiger partial charge in [-0.15, -0.1) is 0 Å². The Morgan fingerprint density at radius 1 is 1.24 bits per heavy atom. The van der Waals surface area contributed by atoms with Gasteiger partial charge in [0.25, 0.3) is 5.91 Å². The van der Waals surface area contributed by atoms with Gasteiger partial charge in [0, 0.05) is 17.3 Å². The number of nitrogens with zero attached hydrogens (tertiary/aromatic N) is 1. The molecule has 7 heteroatoms. The number of methoxy groups -OCH3 is 1. The highest BCUT2D eigenvalue weighted by atomic mass is 16.5. The van der Waals surface area contributed by atoms with Crippen LogP contribution in [0, 0.1) is 0 Å². The van der Waals surface area contributed by atoms with E-state index in [1.807, 2.05) is 19.1 Å². The van der Waals surface area contributed by atoms with Gasteiger partial charge in [-0.1, -0.05) is 6.92 Å². The maximum atomic E-state index is 12.2. The fourth-order valence-electron chi connectivity index (χ4n) is 2.13. The molecule has 0 heterocycles. The number of benzene rings is 2. The number of nitrogens with one attached hydrogen (secondary N) is 2. The molecule has 2 aromatic carbocycles. The molecule has 0 aliphatic rings. The fourth-order valence-corrected chi connectivity index (χ4v) is 2.13. The molecule has 0 aromatic heterocycles. The van der Waals surface area contributed by atoms with Crippen molar-refractivity contribution in [2.45, 2.75) is 19.4 Å². The average Bonchev–Trinajstić information content (AvgIpc) is 2.61. The van der Waals surface area contributed by atoms with E-state index in [2.05, 4.69) is 15.8 Å². The lowest BCUT2D eigenvalue weighted by Gasteiger charge is -2.16. The van der Waals surface area contributed by atoms with Gasteiger partial charge in [0.15, 0.2) is 0 Å². The standard InChI is InChI=1S/C18H21N3O4/c1-3-16(20-13-5-8-15(25-2)9-6-13)18(24)21-19-11-12-4-7-14(22)10-17(12)23/h4-11,16,20,22-23H,3H2,1-2H3,(H,21,24)/t16-/m1/s1. The van der Waals surface area contributed by atoms with Crippen LogP contribution in [0.4, 0.5) is 5.69 Å². The molecule has 2 aromatic rings. The molecule has 0 saturated heterocycles. The highest BCUT2D eigenvalue weighted by Crippen LogP contribution is 2.20. The van der Waals surface area contributed by atoms with Crippen molar-refractivity contribution in [2.24, 2.45) is 5.10 Å². The minimum Gasteiger partial charge on any atom is -0.508 e. The molecular formula is C18H21N3O4.